The van der Waals surface area contributed by atoms with Gasteiger partial charge in [-0.1, -0.05) is 45.2 Å². The van der Waals surface area contributed by atoms with Gasteiger partial charge >= 0.3 is 5.97 Å². The van der Waals surface area contributed by atoms with Crippen molar-refractivity contribution in [3.05, 3.63) is 85.8 Å². The van der Waals surface area contributed by atoms with Crippen molar-refractivity contribution in [1.82, 2.24) is 0 Å². The van der Waals surface area contributed by atoms with Gasteiger partial charge in [0.1, 0.15) is 6.61 Å². The Morgan fingerprint density at radius 3 is 2.24 bits per heavy atom. The monoisotopic (exact) mass is 551 g/mol. The number of ether oxygens (including phenoxy) is 3. The van der Waals surface area contributed by atoms with E-state index in [2.05, 4.69) is 21.2 Å². The molecule has 0 aliphatic heterocycles. The number of anilines is 1. The summed E-state index contributed by atoms with van der Waals surface area (Å²) in [6.07, 6.45) is 0. The Kier molecular flexibility index (Phi) is 9.30. The van der Waals surface area contributed by atoms with Crippen molar-refractivity contribution < 1.29 is 19.0 Å². The Balaban J connectivity index is 1.72. The highest BCUT2D eigenvalue weighted by atomic mass is 79.9. The van der Waals surface area contributed by atoms with Gasteiger partial charge in [-0.3, -0.25) is 0 Å². The average molecular weight is 553 g/mol. The van der Waals surface area contributed by atoms with Crippen LogP contribution in [0, 0.1) is 0 Å². The number of esters is 1. The summed E-state index contributed by atoms with van der Waals surface area (Å²) in [6.45, 7) is 5.29. The number of carbonyl (C=O) groups is 1. The van der Waals surface area contributed by atoms with Crippen molar-refractivity contribution in [3.63, 3.8) is 0 Å². The van der Waals surface area contributed by atoms with Gasteiger partial charge in [-0.2, -0.15) is 0 Å². The van der Waals surface area contributed by atoms with E-state index in [1.807, 2.05) is 31.2 Å². The van der Waals surface area contributed by atoms with E-state index in [4.69, 9.17) is 37.4 Å². The third-order valence-corrected chi connectivity index (χ3v) is 6.17. The molecule has 3 rings (SSSR count). The lowest BCUT2D eigenvalue weighted by molar-refractivity contribution is 0.0526. The summed E-state index contributed by atoms with van der Waals surface area (Å²) in [6, 6.07) is 16.3. The zero-order valence-corrected chi connectivity index (χ0v) is 21.4. The second-order valence-corrected chi connectivity index (χ2v) is 8.63. The molecule has 174 valence electrons. The first-order valence-corrected chi connectivity index (χ1v) is 12.0. The maximum atomic E-state index is 11.8. The quantitative estimate of drug-likeness (QED) is 0.263. The predicted molar refractivity (Wildman–Crippen MR) is 136 cm³/mol. The van der Waals surface area contributed by atoms with Crippen LogP contribution in [0.2, 0.25) is 10.0 Å². The molecule has 0 unspecified atom stereocenters. The molecule has 0 spiro atoms. The molecule has 0 fully saturated rings. The van der Waals surface area contributed by atoms with Gasteiger partial charge in [0.15, 0.2) is 11.5 Å². The largest absolute Gasteiger partial charge is 0.490 e. The summed E-state index contributed by atoms with van der Waals surface area (Å²) in [4.78, 5) is 11.8. The van der Waals surface area contributed by atoms with E-state index < -0.39 is 0 Å². The molecule has 0 aliphatic rings. The Bertz CT molecular complexity index is 1090. The first kappa shape index (κ1) is 25.2. The molecule has 1 N–H and O–H groups in total. The summed E-state index contributed by atoms with van der Waals surface area (Å²) in [5.41, 5.74) is 3.09. The van der Waals surface area contributed by atoms with E-state index in [0.29, 0.717) is 46.9 Å². The van der Waals surface area contributed by atoms with E-state index >= 15 is 0 Å². The molecule has 3 aromatic carbocycles. The minimum absolute atomic E-state index is 0.218. The van der Waals surface area contributed by atoms with E-state index in [1.54, 1.807) is 37.3 Å². The van der Waals surface area contributed by atoms with Crippen LogP contribution in [0.15, 0.2) is 59.1 Å². The Labute approximate surface area is 212 Å². The normalized spacial score (nSPS) is 10.6. The van der Waals surface area contributed by atoms with Gasteiger partial charge in [-0.05, 0) is 67.9 Å². The van der Waals surface area contributed by atoms with Crippen LogP contribution in [-0.4, -0.2) is 19.2 Å². The first-order valence-electron chi connectivity index (χ1n) is 10.4. The number of rotatable bonds is 10. The molecule has 0 saturated heterocycles. The Hall–Kier alpha value is -2.41. The summed E-state index contributed by atoms with van der Waals surface area (Å²) < 4.78 is 17.7. The summed E-state index contributed by atoms with van der Waals surface area (Å²) in [5, 5.41) is 4.45. The van der Waals surface area contributed by atoms with E-state index in [9.17, 15) is 4.79 Å². The van der Waals surface area contributed by atoms with Gasteiger partial charge in [-0.25, -0.2) is 4.79 Å². The molecular formula is C25H24BrCl2NO4. The summed E-state index contributed by atoms with van der Waals surface area (Å²) >= 11 is 16.1. The maximum Gasteiger partial charge on any atom is 0.338 e. The highest BCUT2D eigenvalue weighted by Crippen LogP contribution is 2.36. The van der Waals surface area contributed by atoms with Crippen molar-refractivity contribution >= 4 is 50.8 Å². The van der Waals surface area contributed by atoms with Crippen LogP contribution in [0.4, 0.5) is 5.69 Å². The SMILES string of the molecule is CCOC(=O)c1ccc(NCc2cc(OCC)c(OCc3c(Cl)cccc3Cl)cc2Br)cc1. The van der Waals surface area contributed by atoms with Crippen molar-refractivity contribution in [2.24, 2.45) is 0 Å². The number of carbonyl (C=O) groups excluding carboxylic acids is 1. The fourth-order valence-corrected chi connectivity index (χ4v) is 4.02. The number of nitrogens with one attached hydrogen (secondary N) is 1. The Morgan fingerprint density at radius 2 is 1.61 bits per heavy atom. The molecular weight excluding hydrogens is 529 g/mol. The van der Waals surface area contributed by atoms with Crippen molar-refractivity contribution in [3.8, 4) is 11.5 Å². The number of hydrogen-bond donors (Lipinski definition) is 1. The molecule has 0 bridgehead atoms. The topological polar surface area (TPSA) is 56.8 Å². The van der Waals surface area contributed by atoms with Gasteiger partial charge in [0.05, 0.1) is 18.8 Å². The zero-order valence-electron chi connectivity index (χ0n) is 18.3. The fourth-order valence-electron chi connectivity index (χ4n) is 3.05. The molecule has 0 radical (unpaired) electrons. The molecule has 0 amide bonds. The molecule has 0 aliphatic carbocycles. The van der Waals surface area contributed by atoms with Crippen LogP contribution in [0.5, 0.6) is 11.5 Å². The molecule has 0 heterocycles. The molecule has 5 nitrogen and oxygen atoms in total. The van der Waals surface area contributed by atoms with Gasteiger partial charge in [0, 0.05) is 32.3 Å². The molecule has 0 aromatic heterocycles. The van der Waals surface area contributed by atoms with Gasteiger partial charge < -0.3 is 19.5 Å². The van der Waals surface area contributed by atoms with E-state index in [0.717, 1.165) is 21.3 Å². The lowest BCUT2D eigenvalue weighted by Crippen LogP contribution is -2.06. The van der Waals surface area contributed by atoms with Crippen LogP contribution < -0.4 is 14.8 Å². The Morgan fingerprint density at radius 1 is 0.939 bits per heavy atom. The second kappa shape index (κ2) is 12.2. The lowest BCUT2D eigenvalue weighted by Gasteiger charge is -2.16. The van der Waals surface area contributed by atoms with Crippen LogP contribution in [-0.2, 0) is 17.9 Å². The minimum atomic E-state index is -0.332. The number of hydrogen-bond acceptors (Lipinski definition) is 5. The summed E-state index contributed by atoms with van der Waals surface area (Å²) in [5.74, 6) is 0.877. The summed E-state index contributed by atoms with van der Waals surface area (Å²) in [7, 11) is 0. The van der Waals surface area contributed by atoms with Crippen molar-refractivity contribution in [1.29, 1.82) is 0 Å². The molecule has 0 atom stereocenters. The van der Waals surface area contributed by atoms with Crippen LogP contribution in [0.1, 0.15) is 35.3 Å². The highest BCUT2D eigenvalue weighted by Gasteiger charge is 2.14. The van der Waals surface area contributed by atoms with Crippen LogP contribution >= 0.6 is 39.1 Å². The first-order chi connectivity index (χ1) is 15.9. The van der Waals surface area contributed by atoms with Crippen LogP contribution in [0.3, 0.4) is 0 Å². The second-order valence-electron chi connectivity index (χ2n) is 6.96. The van der Waals surface area contributed by atoms with Crippen LogP contribution in [0.25, 0.3) is 0 Å². The molecule has 3 aromatic rings. The number of benzene rings is 3. The maximum absolute atomic E-state index is 11.8. The third kappa shape index (κ3) is 6.79. The van der Waals surface area contributed by atoms with Gasteiger partial charge in [0.25, 0.3) is 0 Å². The van der Waals surface area contributed by atoms with Crippen molar-refractivity contribution in [2.45, 2.75) is 27.0 Å². The molecule has 33 heavy (non-hydrogen) atoms. The highest BCUT2D eigenvalue weighted by molar-refractivity contribution is 9.10. The number of halogens is 3. The third-order valence-electron chi connectivity index (χ3n) is 4.73. The standard InChI is InChI=1S/C25H24BrCl2NO4/c1-3-31-23-12-17(14-29-18-10-8-16(9-11-18)25(30)32-4-2)20(26)13-24(23)33-15-19-21(27)6-5-7-22(19)28/h5-13,29H,3-4,14-15H2,1-2H3. The van der Waals surface area contributed by atoms with Crippen molar-refractivity contribution in [2.75, 3.05) is 18.5 Å². The molecule has 8 heteroatoms. The average Bonchev–Trinajstić information content (AvgIpc) is 2.80. The van der Waals surface area contributed by atoms with E-state index in [-0.39, 0.29) is 12.6 Å². The van der Waals surface area contributed by atoms with Gasteiger partial charge in [-0.15, -0.1) is 0 Å². The smallest absolute Gasteiger partial charge is 0.338 e. The predicted octanol–water partition coefficient (Wildman–Crippen LogP) is 7.52. The van der Waals surface area contributed by atoms with Gasteiger partial charge in [0.2, 0.25) is 0 Å². The lowest BCUT2D eigenvalue weighted by atomic mass is 10.1. The zero-order chi connectivity index (χ0) is 23.8. The van der Waals surface area contributed by atoms with E-state index in [1.165, 1.54) is 0 Å². The minimum Gasteiger partial charge on any atom is -0.490 e. The fraction of sp³-hybridized carbons (Fsp3) is 0.240. The molecule has 0 saturated carbocycles.